The van der Waals surface area contributed by atoms with E-state index in [1.165, 1.54) is 0 Å². The van der Waals surface area contributed by atoms with Gasteiger partial charge in [0.1, 0.15) is 11.6 Å². The molecule has 1 N–H and O–H groups in total. The van der Waals surface area contributed by atoms with Crippen molar-refractivity contribution in [3.63, 3.8) is 0 Å². The summed E-state index contributed by atoms with van der Waals surface area (Å²) in [7, 11) is 3.48. The van der Waals surface area contributed by atoms with Crippen molar-refractivity contribution in [3.05, 3.63) is 63.4 Å². The molecule has 0 aliphatic rings. The Kier molecular flexibility index (Phi) is 4.78. The highest BCUT2D eigenvalue weighted by atomic mass is 79.9. The topological polar surface area (TPSA) is 21.3 Å². The molecule has 4 heteroatoms. The third-order valence-corrected chi connectivity index (χ3v) is 3.81. The van der Waals surface area contributed by atoms with Crippen molar-refractivity contribution in [2.75, 3.05) is 14.2 Å². The van der Waals surface area contributed by atoms with Gasteiger partial charge in [0.15, 0.2) is 0 Å². The average molecular weight is 338 g/mol. The summed E-state index contributed by atoms with van der Waals surface area (Å²) in [6.07, 6.45) is 0. The zero-order valence-electron chi connectivity index (χ0n) is 11.7. The van der Waals surface area contributed by atoms with Gasteiger partial charge >= 0.3 is 0 Å². The molecule has 0 heterocycles. The minimum absolute atomic E-state index is 0.127. The molecule has 0 aromatic heterocycles. The summed E-state index contributed by atoms with van der Waals surface area (Å²) in [4.78, 5) is 0. The molecule has 0 saturated heterocycles. The smallest absolute Gasteiger partial charge is 0.126 e. The Hall–Kier alpha value is -1.39. The van der Waals surface area contributed by atoms with E-state index in [-0.39, 0.29) is 11.9 Å². The van der Waals surface area contributed by atoms with Crippen LogP contribution in [-0.4, -0.2) is 14.2 Å². The second kappa shape index (κ2) is 6.37. The molecule has 1 unspecified atom stereocenters. The molecule has 0 radical (unpaired) electrons. The zero-order valence-corrected chi connectivity index (χ0v) is 13.3. The lowest BCUT2D eigenvalue weighted by atomic mass is 9.97. The third kappa shape index (κ3) is 3.02. The molecule has 106 valence electrons. The Morgan fingerprint density at radius 3 is 2.55 bits per heavy atom. The highest BCUT2D eigenvalue weighted by molar-refractivity contribution is 9.10. The van der Waals surface area contributed by atoms with Crippen LogP contribution in [0.3, 0.4) is 0 Å². The van der Waals surface area contributed by atoms with Crippen LogP contribution < -0.4 is 10.1 Å². The minimum atomic E-state index is -0.197. The number of halogens is 2. The second-order valence-electron chi connectivity index (χ2n) is 4.62. The van der Waals surface area contributed by atoms with E-state index in [4.69, 9.17) is 4.74 Å². The summed E-state index contributed by atoms with van der Waals surface area (Å²) in [6, 6.07) is 11.0. The molecule has 0 aliphatic carbocycles. The lowest BCUT2D eigenvalue weighted by Gasteiger charge is -2.20. The molecule has 0 bridgehead atoms. The van der Waals surface area contributed by atoms with Crippen molar-refractivity contribution in [2.24, 2.45) is 0 Å². The monoisotopic (exact) mass is 337 g/mol. The van der Waals surface area contributed by atoms with Gasteiger partial charge in [0.05, 0.1) is 13.2 Å². The van der Waals surface area contributed by atoms with E-state index < -0.39 is 0 Å². The maximum atomic E-state index is 13.8. The van der Waals surface area contributed by atoms with E-state index in [0.29, 0.717) is 5.56 Å². The molecule has 20 heavy (non-hydrogen) atoms. The predicted octanol–water partition coefficient (Wildman–Crippen LogP) is 4.21. The number of nitrogens with one attached hydrogen (secondary N) is 1. The van der Waals surface area contributed by atoms with Gasteiger partial charge in [-0.25, -0.2) is 4.39 Å². The van der Waals surface area contributed by atoms with Gasteiger partial charge < -0.3 is 10.1 Å². The maximum absolute atomic E-state index is 13.8. The van der Waals surface area contributed by atoms with Crippen LogP contribution in [0.5, 0.6) is 5.75 Å². The first-order chi connectivity index (χ1) is 9.56. The Morgan fingerprint density at radius 2 is 1.95 bits per heavy atom. The van der Waals surface area contributed by atoms with Crippen molar-refractivity contribution >= 4 is 15.9 Å². The molecule has 1 atom stereocenters. The van der Waals surface area contributed by atoms with E-state index in [1.54, 1.807) is 26.2 Å². The van der Waals surface area contributed by atoms with Gasteiger partial charge in [-0.1, -0.05) is 28.1 Å². The summed E-state index contributed by atoms with van der Waals surface area (Å²) >= 11 is 3.46. The number of rotatable bonds is 4. The van der Waals surface area contributed by atoms with Crippen LogP contribution in [0.15, 0.2) is 40.9 Å². The molecule has 2 nitrogen and oxygen atoms in total. The van der Waals surface area contributed by atoms with Gasteiger partial charge in [0.2, 0.25) is 0 Å². The van der Waals surface area contributed by atoms with E-state index in [9.17, 15) is 4.39 Å². The van der Waals surface area contributed by atoms with Gasteiger partial charge in [-0.3, -0.25) is 0 Å². The van der Waals surface area contributed by atoms with E-state index >= 15 is 0 Å². The van der Waals surface area contributed by atoms with Crippen LogP contribution in [-0.2, 0) is 0 Å². The van der Waals surface area contributed by atoms with Crippen LogP contribution >= 0.6 is 15.9 Å². The summed E-state index contributed by atoms with van der Waals surface area (Å²) in [5.41, 5.74) is 2.48. The normalized spacial score (nSPS) is 12.2. The Bertz CT molecular complexity index is 615. The quantitative estimate of drug-likeness (QED) is 0.902. The molecule has 0 aliphatic heterocycles. The van der Waals surface area contributed by atoms with Crippen LogP contribution in [0.1, 0.15) is 22.7 Å². The summed E-state index contributed by atoms with van der Waals surface area (Å²) in [6.45, 7) is 1.76. The first-order valence-corrected chi connectivity index (χ1v) is 7.13. The first kappa shape index (κ1) is 15.0. The van der Waals surface area contributed by atoms with Gasteiger partial charge in [-0.2, -0.15) is 0 Å². The molecule has 0 saturated carbocycles. The predicted molar refractivity (Wildman–Crippen MR) is 82.7 cm³/mol. The summed E-state index contributed by atoms with van der Waals surface area (Å²) in [5.74, 6) is 0.574. The average Bonchev–Trinajstić information content (AvgIpc) is 2.44. The maximum Gasteiger partial charge on any atom is 0.126 e. The number of hydrogen-bond donors (Lipinski definition) is 1. The zero-order chi connectivity index (χ0) is 14.7. The largest absolute Gasteiger partial charge is 0.496 e. The van der Waals surface area contributed by atoms with E-state index in [0.717, 1.165) is 21.3 Å². The SMILES string of the molecule is CNC(c1ccc(C)c(F)c1)c1cc(Br)ccc1OC. The summed E-state index contributed by atoms with van der Waals surface area (Å²) in [5, 5.41) is 3.22. The molecule has 0 fully saturated rings. The highest BCUT2D eigenvalue weighted by Gasteiger charge is 2.18. The molecule has 2 aromatic rings. The number of methoxy groups -OCH3 is 1. The number of benzene rings is 2. The standard InChI is InChI=1S/C16H17BrFNO/c1-10-4-5-11(8-14(10)18)16(19-2)13-9-12(17)6-7-15(13)20-3/h4-9,16,19H,1-3H3. The highest BCUT2D eigenvalue weighted by Crippen LogP contribution is 2.32. The van der Waals surface area contributed by atoms with Gasteiger partial charge in [0.25, 0.3) is 0 Å². The van der Waals surface area contributed by atoms with Crippen LogP contribution in [0, 0.1) is 12.7 Å². The van der Waals surface area contributed by atoms with Crippen molar-refractivity contribution in [2.45, 2.75) is 13.0 Å². The molecule has 0 amide bonds. The first-order valence-electron chi connectivity index (χ1n) is 6.33. The van der Waals surface area contributed by atoms with Gasteiger partial charge in [0, 0.05) is 10.0 Å². The Balaban J connectivity index is 2.51. The third-order valence-electron chi connectivity index (χ3n) is 3.32. The lowest BCUT2D eigenvalue weighted by molar-refractivity contribution is 0.405. The molecule has 2 rings (SSSR count). The summed E-state index contributed by atoms with van der Waals surface area (Å²) < 4.78 is 20.1. The van der Waals surface area contributed by atoms with Crippen molar-refractivity contribution in [1.29, 1.82) is 0 Å². The Morgan fingerprint density at radius 1 is 1.20 bits per heavy atom. The fourth-order valence-electron chi connectivity index (χ4n) is 2.22. The molecular weight excluding hydrogens is 321 g/mol. The fraction of sp³-hybridized carbons (Fsp3) is 0.250. The Labute approximate surface area is 127 Å². The van der Waals surface area contributed by atoms with Crippen LogP contribution in [0.25, 0.3) is 0 Å². The van der Waals surface area contributed by atoms with Crippen LogP contribution in [0.4, 0.5) is 4.39 Å². The van der Waals surface area contributed by atoms with Crippen LogP contribution in [0.2, 0.25) is 0 Å². The van der Waals surface area contributed by atoms with Crippen molar-refractivity contribution in [3.8, 4) is 5.75 Å². The van der Waals surface area contributed by atoms with E-state index in [1.807, 2.05) is 31.3 Å². The van der Waals surface area contributed by atoms with Gasteiger partial charge in [-0.15, -0.1) is 0 Å². The second-order valence-corrected chi connectivity index (χ2v) is 5.53. The van der Waals surface area contributed by atoms with Gasteiger partial charge in [-0.05, 0) is 49.4 Å². The molecule has 0 spiro atoms. The lowest BCUT2D eigenvalue weighted by Crippen LogP contribution is -2.18. The molecule has 2 aromatic carbocycles. The number of ether oxygens (including phenoxy) is 1. The number of hydrogen-bond acceptors (Lipinski definition) is 2. The van der Waals surface area contributed by atoms with Crippen molar-refractivity contribution < 1.29 is 9.13 Å². The molecular formula is C16H17BrFNO. The minimum Gasteiger partial charge on any atom is -0.496 e. The number of aryl methyl sites for hydroxylation is 1. The fourth-order valence-corrected chi connectivity index (χ4v) is 2.60. The van der Waals surface area contributed by atoms with E-state index in [2.05, 4.69) is 21.2 Å². The van der Waals surface area contributed by atoms with Crippen molar-refractivity contribution in [1.82, 2.24) is 5.32 Å².